The predicted molar refractivity (Wildman–Crippen MR) is 192 cm³/mol. The molecule has 12 heteroatoms. The van der Waals surface area contributed by atoms with Crippen molar-refractivity contribution in [2.45, 2.75) is 31.2 Å². The monoisotopic (exact) mass is 680 g/mol. The van der Waals surface area contributed by atoms with Gasteiger partial charge in [0, 0.05) is 55.9 Å². The highest BCUT2D eigenvalue weighted by molar-refractivity contribution is 5.86. The first-order valence-corrected chi connectivity index (χ1v) is 14.9. The number of hydrogen-bond acceptors (Lipinski definition) is 7. The van der Waals surface area contributed by atoms with Crippen LogP contribution in [0, 0.1) is 5.92 Å². The second-order valence-electron chi connectivity index (χ2n) is 12.0. The van der Waals surface area contributed by atoms with E-state index in [9.17, 15) is 4.79 Å². The highest BCUT2D eigenvalue weighted by Gasteiger charge is 2.34. The molecule has 2 aliphatic rings. The molecule has 1 amide bonds. The van der Waals surface area contributed by atoms with Crippen molar-refractivity contribution < 1.29 is 4.79 Å². The van der Waals surface area contributed by atoms with Crippen molar-refractivity contribution in [2.24, 2.45) is 11.7 Å². The molecule has 1 aliphatic heterocycles. The molecule has 1 aliphatic carbocycles. The number of imidazole rings is 1. The van der Waals surface area contributed by atoms with Gasteiger partial charge in [-0.25, -0.2) is 15.0 Å². The van der Waals surface area contributed by atoms with Crippen LogP contribution >= 0.6 is 37.2 Å². The molecule has 1 unspecified atom stereocenters. The van der Waals surface area contributed by atoms with Gasteiger partial charge in [-0.05, 0) is 79.8 Å². The van der Waals surface area contributed by atoms with E-state index in [4.69, 9.17) is 21.4 Å². The molecule has 4 heterocycles. The second kappa shape index (κ2) is 13.8. The Morgan fingerprint density at radius 1 is 0.935 bits per heavy atom. The summed E-state index contributed by atoms with van der Waals surface area (Å²) in [5.41, 5.74) is 20.0. The Bertz CT molecular complexity index is 1840. The molecular formula is C34H39Cl3N8O. The Balaban J connectivity index is 0.00000160. The summed E-state index contributed by atoms with van der Waals surface area (Å²) >= 11 is 0. The molecule has 0 spiro atoms. The zero-order valence-electron chi connectivity index (χ0n) is 25.8. The lowest BCUT2D eigenvalue weighted by Gasteiger charge is -2.38. The number of nitrogen functional groups attached to an aromatic ring is 1. The fourth-order valence-electron chi connectivity index (χ4n) is 6.36. The zero-order chi connectivity index (χ0) is 29.7. The lowest BCUT2D eigenvalue weighted by atomic mass is 9.73. The van der Waals surface area contributed by atoms with Gasteiger partial charge in [0.15, 0.2) is 11.5 Å². The Morgan fingerprint density at radius 2 is 1.70 bits per heavy atom. The van der Waals surface area contributed by atoms with Gasteiger partial charge in [0.1, 0.15) is 11.3 Å². The van der Waals surface area contributed by atoms with Gasteiger partial charge in [0.25, 0.3) is 0 Å². The second-order valence-corrected chi connectivity index (χ2v) is 12.0. The molecule has 5 aromatic rings. The number of halogens is 3. The maximum atomic E-state index is 12.6. The van der Waals surface area contributed by atoms with Crippen molar-refractivity contribution in [1.82, 2.24) is 24.4 Å². The number of carbonyl (C=O) groups excluding carboxylic acids is 1. The van der Waals surface area contributed by atoms with Crippen LogP contribution in [-0.4, -0.2) is 57.5 Å². The van der Waals surface area contributed by atoms with Crippen molar-refractivity contribution in [2.75, 3.05) is 37.8 Å². The molecule has 0 radical (unpaired) electrons. The Kier molecular flexibility index (Phi) is 10.5. The summed E-state index contributed by atoms with van der Waals surface area (Å²) in [4.78, 5) is 31.0. The number of pyridine rings is 2. The van der Waals surface area contributed by atoms with E-state index in [1.807, 2.05) is 38.4 Å². The zero-order valence-corrected chi connectivity index (χ0v) is 28.2. The van der Waals surface area contributed by atoms with E-state index < -0.39 is 0 Å². The van der Waals surface area contributed by atoms with Crippen LogP contribution in [0.4, 0.5) is 11.5 Å². The summed E-state index contributed by atoms with van der Waals surface area (Å²) in [5, 5.41) is 0. The molecule has 46 heavy (non-hydrogen) atoms. The van der Waals surface area contributed by atoms with E-state index in [1.54, 1.807) is 11.1 Å². The van der Waals surface area contributed by atoms with Crippen LogP contribution in [0.15, 0.2) is 79.0 Å². The average molecular weight is 682 g/mol. The highest BCUT2D eigenvalue weighted by atomic mass is 35.5. The van der Waals surface area contributed by atoms with E-state index in [-0.39, 0.29) is 54.6 Å². The molecule has 9 nitrogen and oxygen atoms in total. The van der Waals surface area contributed by atoms with Gasteiger partial charge in [-0.15, -0.1) is 37.2 Å². The minimum Gasteiger partial charge on any atom is -0.383 e. The van der Waals surface area contributed by atoms with Crippen molar-refractivity contribution >= 4 is 65.8 Å². The van der Waals surface area contributed by atoms with Crippen LogP contribution < -0.4 is 16.4 Å². The van der Waals surface area contributed by atoms with Crippen LogP contribution in [-0.2, 0) is 10.3 Å². The lowest BCUT2D eigenvalue weighted by molar-refractivity contribution is -0.132. The normalized spacial score (nSPS) is 16.5. The van der Waals surface area contributed by atoms with Gasteiger partial charge < -0.3 is 21.3 Å². The number of fused-ring (bicyclic) bond motifs is 1. The summed E-state index contributed by atoms with van der Waals surface area (Å²) in [6.07, 6.45) is 5.71. The first-order chi connectivity index (χ1) is 20.8. The lowest BCUT2D eigenvalue weighted by Crippen LogP contribution is -2.43. The maximum Gasteiger partial charge on any atom is 0.227 e. The summed E-state index contributed by atoms with van der Waals surface area (Å²) in [6.45, 7) is 1.57. The molecule has 242 valence electrons. The average Bonchev–Trinajstić information content (AvgIpc) is 3.65. The number of nitrogens with two attached hydrogens (primary N) is 2. The third kappa shape index (κ3) is 6.25. The van der Waals surface area contributed by atoms with E-state index in [2.05, 4.69) is 63.0 Å². The smallest absolute Gasteiger partial charge is 0.227 e. The number of nitrogens with zero attached hydrogens (tertiary/aromatic N) is 6. The molecule has 7 rings (SSSR count). The molecule has 1 saturated heterocycles. The minimum atomic E-state index is -0.238. The van der Waals surface area contributed by atoms with Gasteiger partial charge in [0.2, 0.25) is 5.91 Å². The van der Waals surface area contributed by atoms with E-state index in [0.29, 0.717) is 11.6 Å². The van der Waals surface area contributed by atoms with Gasteiger partial charge in [0.05, 0.1) is 17.2 Å². The molecule has 1 atom stereocenters. The topological polar surface area (TPSA) is 119 Å². The number of aromatic nitrogens is 4. The molecule has 0 bridgehead atoms. The fraction of sp³-hybridized carbons (Fsp3) is 0.294. The first kappa shape index (κ1) is 35.0. The molecule has 2 aromatic carbocycles. The fourth-order valence-corrected chi connectivity index (χ4v) is 6.36. The number of amides is 1. The Morgan fingerprint density at radius 3 is 2.37 bits per heavy atom. The summed E-state index contributed by atoms with van der Waals surface area (Å²) in [5.74, 6) is 1.30. The SMILES string of the molecule is CN(C)C(=O)C1CCN(c2cccc(-c3ccc4nc(-c5cccnc5N)n(-c5ccc(C6(N)CCC6)cc5)c4n3)c2)C1.Cl.Cl.Cl. The Hall–Kier alpha value is -3.89. The van der Waals surface area contributed by atoms with Crippen molar-refractivity contribution in [1.29, 1.82) is 0 Å². The van der Waals surface area contributed by atoms with Crippen LogP contribution in [0.25, 0.3) is 39.5 Å². The number of benzene rings is 2. The van der Waals surface area contributed by atoms with Gasteiger partial charge in [-0.2, -0.15) is 0 Å². The molecule has 3 aromatic heterocycles. The Labute approximate surface area is 287 Å². The summed E-state index contributed by atoms with van der Waals surface area (Å²) < 4.78 is 2.06. The molecular weight excluding hydrogens is 643 g/mol. The standard InChI is InChI=1S/C34H36N8O.3ClH/c1-40(2)33(43)23-15-19-41(21-23)26-7-3-6-22(20-26)28-13-14-29-32(38-28)42(31(39-29)27-8-4-18-37-30(27)35)25-11-9-24(10-12-25)34(36)16-5-17-34;;;/h3-4,6-14,18,20,23H,5,15-17,19,21,36H2,1-2H3,(H2,35,37);3*1H. The van der Waals surface area contributed by atoms with Gasteiger partial charge in [-0.1, -0.05) is 24.3 Å². The van der Waals surface area contributed by atoms with Gasteiger partial charge >= 0.3 is 0 Å². The van der Waals surface area contributed by atoms with E-state index in [0.717, 1.165) is 83.7 Å². The summed E-state index contributed by atoms with van der Waals surface area (Å²) in [7, 11) is 3.65. The van der Waals surface area contributed by atoms with Crippen molar-refractivity contribution in [3.63, 3.8) is 0 Å². The van der Waals surface area contributed by atoms with Gasteiger partial charge in [-0.3, -0.25) is 9.36 Å². The molecule has 4 N–H and O–H groups in total. The predicted octanol–water partition coefficient (Wildman–Crippen LogP) is 6.25. The molecule has 2 fully saturated rings. The largest absolute Gasteiger partial charge is 0.383 e. The minimum absolute atomic E-state index is 0. The number of rotatable bonds is 6. The van der Waals surface area contributed by atoms with E-state index in [1.165, 1.54) is 0 Å². The van der Waals surface area contributed by atoms with Crippen LogP contribution in [0.1, 0.15) is 31.2 Å². The number of anilines is 2. The first-order valence-electron chi connectivity index (χ1n) is 14.9. The van der Waals surface area contributed by atoms with Crippen LogP contribution in [0.2, 0.25) is 0 Å². The summed E-state index contributed by atoms with van der Waals surface area (Å²) in [6, 6.07) is 24.6. The van der Waals surface area contributed by atoms with Crippen molar-refractivity contribution in [3.8, 4) is 28.3 Å². The molecule has 1 saturated carbocycles. The number of carbonyl (C=O) groups is 1. The van der Waals surface area contributed by atoms with E-state index >= 15 is 0 Å². The third-order valence-electron chi connectivity index (χ3n) is 9.02. The third-order valence-corrected chi connectivity index (χ3v) is 9.02. The quantitative estimate of drug-likeness (QED) is 0.218. The van der Waals surface area contributed by atoms with Crippen LogP contribution in [0.3, 0.4) is 0 Å². The van der Waals surface area contributed by atoms with Crippen molar-refractivity contribution in [3.05, 3.63) is 84.6 Å². The highest BCUT2D eigenvalue weighted by Crippen LogP contribution is 2.39. The number of hydrogen-bond donors (Lipinski definition) is 2. The maximum absolute atomic E-state index is 12.6. The van der Waals surface area contributed by atoms with Crippen LogP contribution in [0.5, 0.6) is 0 Å².